The van der Waals surface area contributed by atoms with Gasteiger partial charge in [0.1, 0.15) is 15.8 Å². The number of nitrogens with one attached hydrogen (secondary N) is 1. The molecule has 0 aliphatic carbocycles. The summed E-state index contributed by atoms with van der Waals surface area (Å²) in [7, 11) is 1.76. The molecule has 0 saturated carbocycles. The van der Waals surface area contributed by atoms with Gasteiger partial charge in [0.05, 0.1) is 11.2 Å². The van der Waals surface area contributed by atoms with Crippen LogP contribution in [0.1, 0.15) is 5.56 Å². The summed E-state index contributed by atoms with van der Waals surface area (Å²) in [6.45, 7) is 1.23. The van der Waals surface area contributed by atoms with Crippen molar-refractivity contribution in [1.82, 2.24) is 10.3 Å². The molecule has 20 heavy (non-hydrogen) atoms. The molecule has 0 bridgehead atoms. The van der Waals surface area contributed by atoms with Crippen LogP contribution >= 0.6 is 15.9 Å². The molecule has 1 fully saturated rings. The number of pyridine rings is 1. The van der Waals surface area contributed by atoms with Gasteiger partial charge in [-0.15, -0.1) is 0 Å². The van der Waals surface area contributed by atoms with Gasteiger partial charge >= 0.3 is 0 Å². The molecule has 0 radical (unpaired) electrons. The quantitative estimate of drug-likeness (QED) is 0.748. The molecule has 1 aromatic heterocycles. The lowest BCUT2D eigenvalue weighted by Crippen LogP contribution is -2.61. The summed E-state index contributed by atoms with van der Waals surface area (Å²) in [5, 5.41) is 4.02. The SMILES string of the molecule is CN1C(=O)C2(CNC2)c2c1c(Br)nc1cc(F)ccc21. The minimum atomic E-state index is -0.522. The lowest BCUT2D eigenvalue weighted by Gasteiger charge is -2.38. The Bertz CT molecular complexity index is 773. The molecule has 4 nitrogen and oxygen atoms in total. The number of halogens is 2. The number of anilines is 1. The monoisotopic (exact) mass is 335 g/mol. The Hall–Kier alpha value is -1.53. The summed E-state index contributed by atoms with van der Waals surface area (Å²) in [5.41, 5.74) is 1.81. The molecular weight excluding hydrogens is 325 g/mol. The predicted octanol–water partition coefficient (Wildman–Crippen LogP) is 1.95. The van der Waals surface area contributed by atoms with E-state index in [1.54, 1.807) is 18.0 Å². The van der Waals surface area contributed by atoms with Crippen molar-refractivity contribution in [2.75, 3.05) is 25.0 Å². The summed E-state index contributed by atoms with van der Waals surface area (Å²) in [5.74, 6) is -0.249. The van der Waals surface area contributed by atoms with E-state index in [1.165, 1.54) is 12.1 Å². The highest BCUT2D eigenvalue weighted by molar-refractivity contribution is 9.10. The smallest absolute Gasteiger partial charge is 0.240 e. The molecule has 1 aromatic carbocycles. The highest BCUT2D eigenvalue weighted by atomic mass is 79.9. The van der Waals surface area contributed by atoms with Crippen molar-refractivity contribution >= 4 is 38.4 Å². The number of fused-ring (bicyclic) bond motifs is 4. The van der Waals surface area contributed by atoms with Crippen LogP contribution in [0.5, 0.6) is 0 Å². The third kappa shape index (κ3) is 1.28. The zero-order valence-corrected chi connectivity index (χ0v) is 12.3. The van der Waals surface area contributed by atoms with Gasteiger partial charge in [0, 0.05) is 37.2 Å². The van der Waals surface area contributed by atoms with Gasteiger partial charge in [-0.3, -0.25) is 4.79 Å². The summed E-state index contributed by atoms with van der Waals surface area (Å²) < 4.78 is 14.0. The van der Waals surface area contributed by atoms with Gasteiger partial charge in [0.25, 0.3) is 0 Å². The number of rotatable bonds is 0. The average Bonchev–Trinajstić information content (AvgIpc) is 2.59. The second-order valence-electron chi connectivity index (χ2n) is 5.34. The van der Waals surface area contributed by atoms with Gasteiger partial charge in [-0.2, -0.15) is 0 Å². The lowest BCUT2D eigenvalue weighted by molar-refractivity contribution is -0.124. The normalized spacial score (nSPS) is 19.6. The fourth-order valence-electron chi connectivity index (χ4n) is 3.22. The Kier molecular flexibility index (Phi) is 2.30. The summed E-state index contributed by atoms with van der Waals surface area (Å²) in [6, 6.07) is 4.54. The van der Waals surface area contributed by atoms with E-state index in [4.69, 9.17) is 0 Å². The molecule has 0 atom stereocenters. The number of carbonyl (C=O) groups is 1. The van der Waals surface area contributed by atoms with Crippen molar-refractivity contribution in [3.05, 3.63) is 34.2 Å². The van der Waals surface area contributed by atoms with Crippen molar-refractivity contribution in [2.45, 2.75) is 5.41 Å². The number of amides is 1. The Balaban J connectivity index is 2.15. The Morgan fingerprint density at radius 1 is 1.45 bits per heavy atom. The lowest BCUT2D eigenvalue weighted by atomic mass is 9.75. The van der Waals surface area contributed by atoms with Gasteiger partial charge in [0.15, 0.2) is 0 Å². The molecule has 0 unspecified atom stereocenters. The maximum Gasteiger partial charge on any atom is 0.240 e. The molecule has 4 rings (SSSR count). The zero-order valence-electron chi connectivity index (χ0n) is 10.7. The van der Waals surface area contributed by atoms with E-state index < -0.39 is 5.41 Å². The van der Waals surface area contributed by atoms with E-state index in [0.29, 0.717) is 23.2 Å². The third-order valence-corrected chi connectivity index (χ3v) is 4.81. The van der Waals surface area contributed by atoms with Crippen molar-refractivity contribution in [3.8, 4) is 0 Å². The molecular formula is C14H11BrFN3O. The van der Waals surface area contributed by atoms with Gasteiger partial charge in [-0.1, -0.05) is 0 Å². The van der Waals surface area contributed by atoms with Gasteiger partial charge < -0.3 is 10.2 Å². The van der Waals surface area contributed by atoms with Crippen LogP contribution in [0, 0.1) is 5.82 Å². The number of hydrogen-bond acceptors (Lipinski definition) is 3. The second-order valence-corrected chi connectivity index (χ2v) is 6.09. The van der Waals surface area contributed by atoms with Crippen LogP contribution in [0.25, 0.3) is 10.9 Å². The topological polar surface area (TPSA) is 45.2 Å². The molecule has 2 aliphatic heterocycles. The fraction of sp³-hybridized carbons (Fsp3) is 0.286. The molecule has 6 heteroatoms. The van der Waals surface area contributed by atoms with E-state index in [-0.39, 0.29) is 11.7 Å². The highest BCUT2D eigenvalue weighted by Gasteiger charge is 2.55. The van der Waals surface area contributed by atoms with Gasteiger partial charge in [0.2, 0.25) is 5.91 Å². The first-order chi connectivity index (χ1) is 9.54. The molecule has 3 heterocycles. The average molecular weight is 336 g/mol. The van der Waals surface area contributed by atoms with Crippen LogP contribution in [0.15, 0.2) is 22.8 Å². The molecule has 1 N–H and O–H groups in total. The van der Waals surface area contributed by atoms with Crippen molar-refractivity contribution < 1.29 is 9.18 Å². The number of benzene rings is 1. The largest absolute Gasteiger partial charge is 0.314 e. The molecule has 1 spiro atoms. The first kappa shape index (κ1) is 12.2. The maximum absolute atomic E-state index is 13.4. The molecule has 1 amide bonds. The van der Waals surface area contributed by atoms with Crippen molar-refractivity contribution in [2.24, 2.45) is 0 Å². The standard InChI is InChI=1S/C14H11BrFN3O/c1-19-11-10(14(13(19)20)5-17-6-14)8-3-2-7(16)4-9(8)18-12(11)15/h2-4,17H,5-6H2,1H3. The Labute approximate surface area is 123 Å². The summed E-state index contributed by atoms with van der Waals surface area (Å²) >= 11 is 3.42. The molecule has 2 aliphatic rings. The molecule has 102 valence electrons. The van der Waals surface area contributed by atoms with Crippen LogP contribution in [-0.4, -0.2) is 31.0 Å². The Morgan fingerprint density at radius 2 is 2.20 bits per heavy atom. The first-order valence-electron chi connectivity index (χ1n) is 6.33. The number of hydrogen-bond donors (Lipinski definition) is 1. The van der Waals surface area contributed by atoms with E-state index in [0.717, 1.165) is 16.6 Å². The summed E-state index contributed by atoms with van der Waals surface area (Å²) in [4.78, 5) is 18.6. The van der Waals surface area contributed by atoms with Crippen LogP contribution in [-0.2, 0) is 10.2 Å². The van der Waals surface area contributed by atoms with Crippen LogP contribution in [0.3, 0.4) is 0 Å². The first-order valence-corrected chi connectivity index (χ1v) is 7.12. The Morgan fingerprint density at radius 3 is 2.85 bits per heavy atom. The number of aromatic nitrogens is 1. The number of likely N-dealkylation sites (N-methyl/N-ethyl adjacent to an activating group) is 1. The van der Waals surface area contributed by atoms with E-state index >= 15 is 0 Å². The van der Waals surface area contributed by atoms with E-state index in [1.807, 2.05) is 0 Å². The van der Waals surface area contributed by atoms with Crippen molar-refractivity contribution in [1.29, 1.82) is 0 Å². The van der Waals surface area contributed by atoms with Gasteiger partial charge in [-0.05, 0) is 28.1 Å². The molecule has 1 saturated heterocycles. The minimum absolute atomic E-state index is 0.0746. The zero-order chi connectivity index (χ0) is 14.1. The number of nitrogens with zero attached hydrogens (tertiary/aromatic N) is 2. The van der Waals surface area contributed by atoms with Crippen LogP contribution in [0.2, 0.25) is 0 Å². The second kappa shape index (κ2) is 3.77. The summed E-state index contributed by atoms with van der Waals surface area (Å²) in [6.07, 6.45) is 0. The number of carbonyl (C=O) groups excluding carboxylic acids is 1. The molecule has 2 aromatic rings. The van der Waals surface area contributed by atoms with E-state index in [2.05, 4.69) is 26.2 Å². The fourth-order valence-corrected chi connectivity index (χ4v) is 3.88. The minimum Gasteiger partial charge on any atom is -0.314 e. The van der Waals surface area contributed by atoms with Crippen LogP contribution < -0.4 is 10.2 Å². The third-order valence-electron chi connectivity index (χ3n) is 4.26. The predicted molar refractivity (Wildman–Crippen MR) is 77.4 cm³/mol. The van der Waals surface area contributed by atoms with E-state index in [9.17, 15) is 9.18 Å². The van der Waals surface area contributed by atoms with Crippen LogP contribution in [0.4, 0.5) is 10.1 Å². The van der Waals surface area contributed by atoms with Gasteiger partial charge in [-0.25, -0.2) is 9.37 Å². The highest BCUT2D eigenvalue weighted by Crippen LogP contribution is 2.49. The maximum atomic E-state index is 13.4. The van der Waals surface area contributed by atoms with Crippen molar-refractivity contribution in [3.63, 3.8) is 0 Å².